The van der Waals surface area contributed by atoms with Gasteiger partial charge >= 0.3 is 5.97 Å². The molecule has 0 bridgehead atoms. The maximum absolute atomic E-state index is 13.9. The van der Waals surface area contributed by atoms with Crippen molar-refractivity contribution in [3.8, 4) is 0 Å². The van der Waals surface area contributed by atoms with E-state index in [2.05, 4.69) is 44.5 Å². The number of methoxy groups -OCH3 is 1. The van der Waals surface area contributed by atoms with Gasteiger partial charge in [0.25, 0.3) is 0 Å². The van der Waals surface area contributed by atoms with Crippen molar-refractivity contribution in [2.24, 2.45) is 17.3 Å². The van der Waals surface area contributed by atoms with E-state index in [1.54, 1.807) is 11.8 Å². The van der Waals surface area contributed by atoms with Crippen LogP contribution in [0.15, 0.2) is 10.6 Å². The molecule has 0 aromatic heterocycles. The van der Waals surface area contributed by atoms with Crippen LogP contribution < -0.4 is 0 Å². The van der Waals surface area contributed by atoms with E-state index < -0.39 is 0 Å². The molecule has 6 heteroatoms. The second kappa shape index (κ2) is 9.64. The van der Waals surface area contributed by atoms with Crippen LogP contribution in [-0.4, -0.2) is 60.2 Å². The summed E-state index contributed by atoms with van der Waals surface area (Å²) in [7, 11) is 3.59. The molecule has 1 atom stereocenters. The number of likely N-dealkylation sites (tertiary alicyclic amines) is 1. The molecule has 2 aliphatic heterocycles. The monoisotopic (exact) mass is 436 g/mol. The van der Waals surface area contributed by atoms with Gasteiger partial charge in [-0.3, -0.25) is 4.79 Å². The summed E-state index contributed by atoms with van der Waals surface area (Å²) in [5.41, 5.74) is 0.984. The number of esters is 1. The van der Waals surface area contributed by atoms with Crippen LogP contribution in [0.1, 0.15) is 72.6 Å². The van der Waals surface area contributed by atoms with Gasteiger partial charge in [-0.1, -0.05) is 27.7 Å². The number of ether oxygens (including phenoxy) is 1. The highest BCUT2D eigenvalue weighted by Gasteiger charge is 2.43. The number of allylic oxidation sites excluding steroid dienone is 1. The van der Waals surface area contributed by atoms with Gasteiger partial charge in [0.2, 0.25) is 5.91 Å². The Bertz CT molecular complexity index is 668. The summed E-state index contributed by atoms with van der Waals surface area (Å²) in [6.45, 7) is 10.9. The lowest BCUT2D eigenvalue weighted by Crippen LogP contribution is -2.48. The predicted octanol–water partition coefficient (Wildman–Crippen LogP) is 4.67. The lowest BCUT2D eigenvalue weighted by molar-refractivity contribution is -0.138. The number of nitrogens with zero attached hydrogens (tertiary/aromatic N) is 2. The van der Waals surface area contributed by atoms with E-state index in [1.165, 1.54) is 7.11 Å². The number of hydrogen-bond donors (Lipinski definition) is 0. The maximum Gasteiger partial charge on any atom is 0.346 e. The fourth-order valence-corrected chi connectivity index (χ4v) is 6.34. The Morgan fingerprint density at radius 1 is 1.07 bits per heavy atom. The molecule has 1 saturated heterocycles. The van der Waals surface area contributed by atoms with Crippen LogP contribution in [0.25, 0.3) is 0 Å². The van der Waals surface area contributed by atoms with Gasteiger partial charge in [-0.25, -0.2) is 4.79 Å². The van der Waals surface area contributed by atoms with Crippen LogP contribution in [0, 0.1) is 17.3 Å². The predicted molar refractivity (Wildman–Crippen MR) is 123 cm³/mol. The third kappa shape index (κ3) is 5.24. The fraction of sp³-hybridized carbons (Fsp3) is 0.833. The molecule has 1 aliphatic carbocycles. The first-order valence-corrected chi connectivity index (χ1v) is 12.5. The van der Waals surface area contributed by atoms with Crippen molar-refractivity contribution in [2.45, 2.75) is 83.9 Å². The molecule has 0 aromatic carbocycles. The Labute approximate surface area is 187 Å². The Morgan fingerprint density at radius 2 is 1.67 bits per heavy atom. The highest BCUT2D eigenvalue weighted by molar-refractivity contribution is 8.04. The number of piperidine rings is 1. The van der Waals surface area contributed by atoms with Crippen molar-refractivity contribution in [2.75, 3.05) is 27.2 Å². The largest absolute Gasteiger partial charge is 0.465 e. The van der Waals surface area contributed by atoms with E-state index in [4.69, 9.17) is 4.74 Å². The molecule has 30 heavy (non-hydrogen) atoms. The van der Waals surface area contributed by atoms with Gasteiger partial charge in [-0.05, 0) is 70.0 Å². The molecule has 2 fully saturated rings. The molecule has 0 N–H and O–H groups in total. The Hall–Kier alpha value is -1.01. The maximum atomic E-state index is 13.9. The second-order valence-electron chi connectivity index (χ2n) is 10.6. The second-order valence-corrected chi connectivity index (χ2v) is 11.9. The van der Waals surface area contributed by atoms with Gasteiger partial charge in [-0.15, -0.1) is 11.8 Å². The molecule has 170 valence electrons. The van der Waals surface area contributed by atoms with Crippen LogP contribution in [0.5, 0.6) is 0 Å². The van der Waals surface area contributed by atoms with Gasteiger partial charge in [0.05, 0.1) is 7.11 Å². The first-order valence-electron chi connectivity index (χ1n) is 11.6. The van der Waals surface area contributed by atoms with Crippen molar-refractivity contribution in [3.05, 3.63) is 10.6 Å². The zero-order chi connectivity index (χ0) is 22.1. The number of carbonyl (C=O) groups is 2. The van der Waals surface area contributed by atoms with Crippen molar-refractivity contribution < 1.29 is 14.3 Å². The molecule has 1 unspecified atom stereocenters. The highest BCUT2D eigenvalue weighted by atomic mass is 32.2. The lowest BCUT2D eigenvalue weighted by Gasteiger charge is -2.41. The molecule has 1 saturated carbocycles. The summed E-state index contributed by atoms with van der Waals surface area (Å²) in [6, 6.07) is 0.182. The van der Waals surface area contributed by atoms with E-state index in [0.29, 0.717) is 10.8 Å². The standard InChI is InChI=1S/C24H40N2O3S/c1-16-7-9-17(10-8-16)22(27)26(18-11-13-25(5)14-12-18)19-15-20(24(2,3)4)30-21(19)23(28)29-6/h16-18,20H,7-15H2,1-6H3. The molecular formula is C24H40N2O3S. The Kier molecular flexibility index (Phi) is 7.60. The van der Waals surface area contributed by atoms with E-state index in [0.717, 1.165) is 63.7 Å². The van der Waals surface area contributed by atoms with Crippen molar-refractivity contribution in [3.63, 3.8) is 0 Å². The summed E-state index contributed by atoms with van der Waals surface area (Å²) < 4.78 is 5.16. The molecule has 5 nitrogen and oxygen atoms in total. The van der Waals surface area contributed by atoms with Crippen LogP contribution in [-0.2, 0) is 14.3 Å². The third-order valence-corrected chi connectivity index (χ3v) is 8.98. The van der Waals surface area contributed by atoms with E-state index in [9.17, 15) is 9.59 Å². The molecule has 2 heterocycles. The number of thioether (sulfide) groups is 1. The average molecular weight is 437 g/mol. The number of hydrogen-bond acceptors (Lipinski definition) is 5. The van der Waals surface area contributed by atoms with E-state index >= 15 is 0 Å². The smallest absolute Gasteiger partial charge is 0.346 e. The topological polar surface area (TPSA) is 49.9 Å². The van der Waals surface area contributed by atoms with Gasteiger partial charge in [-0.2, -0.15) is 0 Å². The minimum Gasteiger partial charge on any atom is -0.465 e. The number of carbonyl (C=O) groups excluding carboxylic acids is 2. The summed E-state index contributed by atoms with van der Waals surface area (Å²) >= 11 is 1.62. The molecule has 0 spiro atoms. The van der Waals surface area contributed by atoms with Gasteiger partial charge in [0, 0.05) is 29.3 Å². The summed E-state index contributed by atoms with van der Waals surface area (Å²) in [4.78, 5) is 31.7. The minimum absolute atomic E-state index is 0.0491. The van der Waals surface area contributed by atoms with Crippen LogP contribution in [0.2, 0.25) is 0 Å². The zero-order valence-corrected chi connectivity index (χ0v) is 20.5. The molecule has 0 radical (unpaired) electrons. The lowest BCUT2D eigenvalue weighted by atomic mass is 9.81. The Balaban J connectivity index is 1.94. The molecule has 0 aromatic rings. The summed E-state index contributed by atoms with van der Waals surface area (Å²) in [5.74, 6) is 0.765. The van der Waals surface area contributed by atoms with Crippen molar-refractivity contribution >= 4 is 23.6 Å². The molecule has 3 aliphatic rings. The summed E-state index contributed by atoms with van der Waals surface area (Å²) in [6.07, 6.45) is 6.89. The first kappa shape index (κ1) is 23.6. The van der Waals surface area contributed by atoms with E-state index in [1.807, 2.05) is 0 Å². The van der Waals surface area contributed by atoms with Crippen LogP contribution in [0.3, 0.4) is 0 Å². The van der Waals surface area contributed by atoms with Gasteiger partial charge < -0.3 is 14.5 Å². The fourth-order valence-electron chi connectivity index (χ4n) is 4.96. The SMILES string of the molecule is COC(=O)C1=C(N(C(=O)C2CCC(C)CC2)C2CCN(C)CC2)CC(C(C)(C)C)S1. The average Bonchev–Trinajstić information content (AvgIpc) is 3.15. The minimum atomic E-state index is -0.287. The third-order valence-electron chi connectivity index (χ3n) is 7.18. The first-order chi connectivity index (χ1) is 14.1. The van der Waals surface area contributed by atoms with E-state index in [-0.39, 0.29) is 34.5 Å². The summed E-state index contributed by atoms with van der Waals surface area (Å²) in [5, 5.41) is 0.273. The quantitative estimate of drug-likeness (QED) is 0.599. The highest BCUT2D eigenvalue weighted by Crippen LogP contribution is 2.49. The number of amides is 1. The molecule has 1 amide bonds. The molecular weight excluding hydrogens is 396 g/mol. The van der Waals surface area contributed by atoms with Crippen LogP contribution in [0.4, 0.5) is 0 Å². The van der Waals surface area contributed by atoms with Crippen molar-refractivity contribution in [1.29, 1.82) is 0 Å². The van der Waals surface area contributed by atoms with Gasteiger partial charge in [0.15, 0.2) is 0 Å². The van der Waals surface area contributed by atoms with Crippen molar-refractivity contribution in [1.82, 2.24) is 9.80 Å². The Morgan fingerprint density at radius 3 is 2.20 bits per heavy atom. The van der Waals surface area contributed by atoms with Gasteiger partial charge in [0.1, 0.15) is 4.91 Å². The van der Waals surface area contributed by atoms with Crippen LogP contribution >= 0.6 is 11.8 Å². The zero-order valence-electron chi connectivity index (χ0n) is 19.7. The number of rotatable bonds is 4. The molecule has 3 rings (SSSR count). The normalized spacial score (nSPS) is 29.2.